The second-order valence-corrected chi connectivity index (χ2v) is 9.12. The predicted octanol–water partition coefficient (Wildman–Crippen LogP) is 4.63. The fraction of sp³-hybridized carbons (Fsp3) is 0.333. The van der Waals surface area contributed by atoms with E-state index in [1.807, 2.05) is 49.6 Å². The molecule has 2 aromatic heterocycles. The fourth-order valence-corrected chi connectivity index (χ4v) is 4.96. The number of fused-ring (bicyclic) bond motifs is 1. The normalized spacial score (nSPS) is 17.8. The number of hydrogen-bond acceptors (Lipinski definition) is 5. The van der Waals surface area contributed by atoms with Gasteiger partial charge in [-0.3, -0.25) is 9.48 Å². The van der Waals surface area contributed by atoms with Gasteiger partial charge in [-0.2, -0.15) is 10.4 Å². The largest absolute Gasteiger partial charge is 0.487 e. The first-order valence-corrected chi connectivity index (χ1v) is 11.8. The van der Waals surface area contributed by atoms with Crippen LogP contribution in [0.15, 0.2) is 54.7 Å². The number of nitriles is 1. The highest BCUT2D eigenvalue weighted by molar-refractivity contribution is 5.79. The van der Waals surface area contributed by atoms with Gasteiger partial charge in [-0.15, -0.1) is 0 Å². The van der Waals surface area contributed by atoms with Gasteiger partial charge in [-0.05, 0) is 48.7 Å². The van der Waals surface area contributed by atoms with Crippen LogP contribution in [0.3, 0.4) is 0 Å². The summed E-state index contributed by atoms with van der Waals surface area (Å²) in [5, 5.41) is 23.4. The third-order valence-corrected chi connectivity index (χ3v) is 6.74. The van der Waals surface area contributed by atoms with Crippen molar-refractivity contribution in [1.82, 2.24) is 19.3 Å². The first-order chi connectivity index (χ1) is 17.0. The smallest absolute Gasteiger partial charge is 0.307 e. The van der Waals surface area contributed by atoms with Gasteiger partial charge in [0.25, 0.3) is 0 Å². The molecule has 0 bridgehead atoms. The summed E-state index contributed by atoms with van der Waals surface area (Å²) in [5.41, 5.74) is 4.18. The second kappa shape index (κ2) is 9.63. The predicted molar refractivity (Wildman–Crippen MR) is 130 cm³/mol. The number of carboxylic acid groups (broad SMARTS) is 1. The molecule has 1 fully saturated rings. The van der Waals surface area contributed by atoms with Crippen LogP contribution < -0.4 is 4.74 Å². The van der Waals surface area contributed by atoms with Gasteiger partial charge in [0.2, 0.25) is 0 Å². The van der Waals surface area contributed by atoms with Crippen LogP contribution >= 0.6 is 0 Å². The molecule has 0 saturated heterocycles. The highest BCUT2D eigenvalue weighted by Crippen LogP contribution is 2.39. The van der Waals surface area contributed by atoms with Crippen molar-refractivity contribution in [2.45, 2.75) is 44.8 Å². The molecule has 0 amide bonds. The summed E-state index contributed by atoms with van der Waals surface area (Å²) < 4.78 is 9.88. The van der Waals surface area contributed by atoms with E-state index in [0.717, 1.165) is 47.4 Å². The Balaban J connectivity index is 1.54. The average molecular weight is 470 g/mol. The molecule has 0 spiro atoms. The summed E-state index contributed by atoms with van der Waals surface area (Å²) >= 11 is 0. The van der Waals surface area contributed by atoms with Crippen molar-refractivity contribution in [3.63, 3.8) is 0 Å². The Morgan fingerprint density at radius 2 is 1.97 bits per heavy atom. The topological polar surface area (TPSA) is 106 Å². The molecule has 2 aromatic carbocycles. The number of imidazole rings is 1. The first kappa shape index (κ1) is 22.7. The van der Waals surface area contributed by atoms with Crippen LogP contribution in [-0.4, -0.2) is 30.4 Å². The summed E-state index contributed by atoms with van der Waals surface area (Å²) in [6.07, 6.45) is 5.26. The quantitative estimate of drug-likeness (QED) is 0.423. The number of carbonyl (C=O) groups is 1. The number of hydrogen-bond donors (Lipinski definition) is 1. The average Bonchev–Trinajstić information content (AvgIpc) is 3.46. The van der Waals surface area contributed by atoms with E-state index in [2.05, 4.69) is 15.7 Å². The van der Waals surface area contributed by atoms with E-state index in [9.17, 15) is 9.90 Å². The Labute approximate surface area is 203 Å². The number of benzene rings is 2. The lowest BCUT2D eigenvalue weighted by Crippen LogP contribution is -2.27. The van der Waals surface area contributed by atoms with E-state index < -0.39 is 11.9 Å². The number of aryl methyl sites for hydroxylation is 1. The number of aliphatic carboxylic acids is 1. The molecule has 1 aliphatic rings. The molecular weight excluding hydrogens is 442 g/mol. The van der Waals surface area contributed by atoms with Gasteiger partial charge >= 0.3 is 5.97 Å². The summed E-state index contributed by atoms with van der Waals surface area (Å²) in [6.45, 7) is 0.886. The van der Waals surface area contributed by atoms with Gasteiger partial charge in [0.1, 0.15) is 18.2 Å². The maximum absolute atomic E-state index is 12.1. The van der Waals surface area contributed by atoms with Gasteiger partial charge in [0, 0.05) is 31.8 Å². The molecule has 1 aliphatic carbocycles. The summed E-state index contributed by atoms with van der Waals surface area (Å²) in [5.74, 6) is 0.156. The van der Waals surface area contributed by atoms with Crippen molar-refractivity contribution in [3.8, 4) is 11.8 Å². The van der Waals surface area contributed by atoms with E-state index in [0.29, 0.717) is 30.9 Å². The zero-order valence-electron chi connectivity index (χ0n) is 19.6. The van der Waals surface area contributed by atoms with Gasteiger partial charge in [0.05, 0.1) is 34.3 Å². The van der Waals surface area contributed by atoms with E-state index in [1.165, 1.54) is 0 Å². The molecule has 5 rings (SSSR count). The highest BCUT2D eigenvalue weighted by Gasteiger charge is 2.35. The summed E-state index contributed by atoms with van der Waals surface area (Å²) in [4.78, 5) is 17.0. The standard InChI is InChI=1S/C27H27N5O3/c1-31-13-12-20(30-31)17-35-21-10-11-24-25(14-21)32(16-19-8-6-18(15-28)7-9-19)26(29-24)22-4-2-3-5-23(22)27(33)34/h6-14,22-23H,2-5,16-17H2,1H3,(H,33,34)/t22-,23+/m0/s1. The van der Waals surface area contributed by atoms with Gasteiger partial charge in [0.15, 0.2) is 0 Å². The van der Waals surface area contributed by atoms with Crippen LogP contribution in [0.2, 0.25) is 0 Å². The van der Waals surface area contributed by atoms with Crippen molar-refractivity contribution in [3.05, 3.63) is 77.4 Å². The van der Waals surface area contributed by atoms with Crippen LogP contribution in [0.5, 0.6) is 5.75 Å². The minimum atomic E-state index is -0.758. The summed E-state index contributed by atoms with van der Waals surface area (Å²) in [6, 6.07) is 17.3. The zero-order valence-corrected chi connectivity index (χ0v) is 19.6. The second-order valence-electron chi connectivity index (χ2n) is 9.12. The number of carboxylic acids is 1. The van der Waals surface area contributed by atoms with Crippen LogP contribution in [0.1, 0.15) is 54.2 Å². The van der Waals surface area contributed by atoms with E-state index in [1.54, 1.807) is 16.8 Å². The molecule has 2 atom stereocenters. The van der Waals surface area contributed by atoms with Crippen molar-refractivity contribution >= 4 is 17.0 Å². The van der Waals surface area contributed by atoms with Crippen LogP contribution in [0, 0.1) is 17.2 Å². The molecule has 1 saturated carbocycles. The lowest BCUT2D eigenvalue weighted by molar-refractivity contribution is -0.143. The van der Waals surface area contributed by atoms with Gasteiger partial charge in [-0.25, -0.2) is 4.98 Å². The molecule has 178 valence electrons. The Kier molecular flexibility index (Phi) is 6.23. The number of rotatable bonds is 7. The first-order valence-electron chi connectivity index (χ1n) is 11.8. The van der Waals surface area contributed by atoms with E-state index >= 15 is 0 Å². The zero-order chi connectivity index (χ0) is 24.4. The lowest BCUT2D eigenvalue weighted by Gasteiger charge is -2.28. The third kappa shape index (κ3) is 4.76. The lowest BCUT2D eigenvalue weighted by atomic mass is 9.78. The Bertz CT molecular complexity index is 1400. The third-order valence-electron chi connectivity index (χ3n) is 6.74. The maximum Gasteiger partial charge on any atom is 0.307 e. The van der Waals surface area contributed by atoms with Crippen molar-refractivity contribution in [2.24, 2.45) is 13.0 Å². The Morgan fingerprint density at radius 3 is 2.69 bits per heavy atom. The fourth-order valence-electron chi connectivity index (χ4n) is 4.96. The Hall–Kier alpha value is -4.12. The monoisotopic (exact) mass is 469 g/mol. The van der Waals surface area contributed by atoms with Crippen LogP contribution in [-0.2, 0) is 25.0 Å². The van der Waals surface area contributed by atoms with Gasteiger partial charge in [-0.1, -0.05) is 25.0 Å². The molecule has 4 aromatic rings. The molecule has 8 heteroatoms. The minimum Gasteiger partial charge on any atom is -0.487 e. The molecule has 2 heterocycles. The molecular formula is C27H27N5O3. The minimum absolute atomic E-state index is 0.148. The van der Waals surface area contributed by atoms with Crippen LogP contribution in [0.4, 0.5) is 0 Å². The number of ether oxygens (including phenoxy) is 1. The molecule has 8 nitrogen and oxygen atoms in total. The molecule has 0 aliphatic heterocycles. The summed E-state index contributed by atoms with van der Waals surface area (Å²) in [7, 11) is 1.87. The van der Waals surface area contributed by atoms with E-state index in [-0.39, 0.29) is 5.92 Å². The van der Waals surface area contributed by atoms with Crippen molar-refractivity contribution in [2.75, 3.05) is 0 Å². The molecule has 0 unspecified atom stereocenters. The maximum atomic E-state index is 12.1. The SMILES string of the molecule is Cn1ccc(COc2ccc3nc([C@H]4CCCC[C@H]4C(=O)O)n(Cc4ccc(C#N)cc4)c3c2)n1. The van der Waals surface area contributed by atoms with E-state index in [4.69, 9.17) is 15.0 Å². The van der Waals surface area contributed by atoms with Crippen molar-refractivity contribution in [1.29, 1.82) is 5.26 Å². The molecule has 0 radical (unpaired) electrons. The van der Waals surface area contributed by atoms with Gasteiger partial charge < -0.3 is 14.4 Å². The number of nitrogens with zero attached hydrogens (tertiary/aromatic N) is 5. The Morgan fingerprint density at radius 1 is 1.17 bits per heavy atom. The highest BCUT2D eigenvalue weighted by atomic mass is 16.5. The number of aromatic nitrogens is 4. The van der Waals surface area contributed by atoms with Crippen LogP contribution in [0.25, 0.3) is 11.0 Å². The molecule has 1 N–H and O–H groups in total. The van der Waals surface area contributed by atoms with Crippen molar-refractivity contribution < 1.29 is 14.6 Å². The molecule has 35 heavy (non-hydrogen) atoms.